The molecule has 98 valence electrons. The van der Waals surface area contributed by atoms with Gasteiger partial charge in [0, 0.05) is 23.3 Å². The SMILES string of the molecule is O=C(Nc1ncccn1)c1ccc(F)c2ccccc12. The Morgan fingerprint density at radius 1 is 0.950 bits per heavy atom. The summed E-state index contributed by atoms with van der Waals surface area (Å²) in [5, 5.41) is 3.55. The maximum atomic E-state index is 13.7. The molecule has 0 atom stereocenters. The van der Waals surface area contributed by atoms with Crippen LogP contribution in [0.3, 0.4) is 0 Å². The van der Waals surface area contributed by atoms with Gasteiger partial charge in [-0.1, -0.05) is 24.3 Å². The van der Waals surface area contributed by atoms with E-state index in [-0.39, 0.29) is 17.7 Å². The molecule has 0 spiro atoms. The predicted molar refractivity (Wildman–Crippen MR) is 73.9 cm³/mol. The minimum absolute atomic E-state index is 0.214. The van der Waals surface area contributed by atoms with Crippen molar-refractivity contribution in [2.24, 2.45) is 0 Å². The molecule has 5 heteroatoms. The van der Waals surface area contributed by atoms with Gasteiger partial charge in [0.1, 0.15) is 5.82 Å². The summed E-state index contributed by atoms with van der Waals surface area (Å²) in [6, 6.07) is 11.2. The molecular formula is C15H10FN3O. The summed E-state index contributed by atoms with van der Waals surface area (Å²) in [7, 11) is 0. The average molecular weight is 267 g/mol. The van der Waals surface area contributed by atoms with Crippen molar-refractivity contribution in [1.82, 2.24) is 9.97 Å². The van der Waals surface area contributed by atoms with Crippen molar-refractivity contribution in [3.63, 3.8) is 0 Å². The van der Waals surface area contributed by atoms with Crippen molar-refractivity contribution in [2.45, 2.75) is 0 Å². The normalized spacial score (nSPS) is 10.4. The Bertz CT molecular complexity index is 774. The average Bonchev–Trinajstić information content (AvgIpc) is 2.49. The molecule has 2 aromatic carbocycles. The lowest BCUT2D eigenvalue weighted by molar-refractivity contribution is 0.102. The minimum Gasteiger partial charge on any atom is -0.290 e. The van der Waals surface area contributed by atoms with E-state index >= 15 is 0 Å². The second-order valence-electron chi connectivity index (χ2n) is 4.17. The van der Waals surface area contributed by atoms with Crippen LogP contribution in [0.2, 0.25) is 0 Å². The molecule has 1 amide bonds. The second-order valence-corrected chi connectivity index (χ2v) is 4.17. The summed E-state index contributed by atoms with van der Waals surface area (Å²) >= 11 is 0. The number of amides is 1. The van der Waals surface area contributed by atoms with Crippen LogP contribution in [0.4, 0.5) is 10.3 Å². The van der Waals surface area contributed by atoms with E-state index in [1.54, 1.807) is 30.3 Å². The van der Waals surface area contributed by atoms with Crippen LogP contribution in [-0.2, 0) is 0 Å². The molecule has 0 saturated heterocycles. The van der Waals surface area contributed by atoms with Crippen molar-refractivity contribution in [3.05, 3.63) is 66.2 Å². The van der Waals surface area contributed by atoms with Crippen LogP contribution in [0.15, 0.2) is 54.9 Å². The van der Waals surface area contributed by atoms with Crippen molar-refractivity contribution in [1.29, 1.82) is 0 Å². The molecule has 1 heterocycles. The van der Waals surface area contributed by atoms with Gasteiger partial charge < -0.3 is 0 Å². The van der Waals surface area contributed by atoms with Crippen LogP contribution in [0.1, 0.15) is 10.4 Å². The van der Waals surface area contributed by atoms with E-state index in [0.29, 0.717) is 16.3 Å². The Morgan fingerprint density at radius 2 is 1.65 bits per heavy atom. The van der Waals surface area contributed by atoms with Gasteiger partial charge in [0.25, 0.3) is 5.91 Å². The molecule has 4 nitrogen and oxygen atoms in total. The van der Waals surface area contributed by atoms with Crippen LogP contribution in [0.5, 0.6) is 0 Å². The zero-order valence-electron chi connectivity index (χ0n) is 10.4. The van der Waals surface area contributed by atoms with Crippen molar-refractivity contribution in [2.75, 3.05) is 5.32 Å². The molecule has 0 aliphatic rings. The Kier molecular flexibility index (Phi) is 3.09. The quantitative estimate of drug-likeness (QED) is 0.776. The number of hydrogen-bond acceptors (Lipinski definition) is 3. The molecule has 20 heavy (non-hydrogen) atoms. The van der Waals surface area contributed by atoms with Crippen LogP contribution in [0.25, 0.3) is 10.8 Å². The highest BCUT2D eigenvalue weighted by molar-refractivity contribution is 6.12. The molecular weight excluding hydrogens is 257 g/mol. The van der Waals surface area contributed by atoms with E-state index in [9.17, 15) is 9.18 Å². The molecule has 0 aliphatic heterocycles. The Hall–Kier alpha value is -2.82. The Balaban J connectivity index is 2.02. The fourth-order valence-corrected chi connectivity index (χ4v) is 1.99. The first-order chi connectivity index (χ1) is 9.75. The third-order valence-electron chi connectivity index (χ3n) is 2.91. The van der Waals surface area contributed by atoms with Gasteiger partial charge in [0.2, 0.25) is 5.95 Å². The molecule has 1 aromatic heterocycles. The number of hydrogen-bond donors (Lipinski definition) is 1. The molecule has 0 bridgehead atoms. The third kappa shape index (κ3) is 2.21. The third-order valence-corrected chi connectivity index (χ3v) is 2.91. The van der Waals surface area contributed by atoms with Gasteiger partial charge >= 0.3 is 0 Å². The van der Waals surface area contributed by atoms with Crippen LogP contribution in [0, 0.1) is 5.82 Å². The first-order valence-corrected chi connectivity index (χ1v) is 6.01. The van der Waals surface area contributed by atoms with Crippen molar-refractivity contribution < 1.29 is 9.18 Å². The van der Waals surface area contributed by atoms with E-state index < -0.39 is 0 Å². The van der Waals surface area contributed by atoms with E-state index in [1.807, 2.05) is 0 Å². The zero-order valence-corrected chi connectivity index (χ0v) is 10.4. The highest BCUT2D eigenvalue weighted by Gasteiger charge is 2.13. The van der Waals surface area contributed by atoms with Gasteiger partial charge in [0.15, 0.2) is 0 Å². The Morgan fingerprint density at radius 3 is 2.40 bits per heavy atom. The smallest absolute Gasteiger partial charge is 0.258 e. The number of rotatable bonds is 2. The molecule has 3 aromatic rings. The monoisotopic (exact) mass is 267 g/mol. The molecule has 0 unspecified atom stereocenters. The Labute approximate surface area is 114 Å². The summed E-state index contributed by atoms with van der Waals surface area (Å²) < 4.78 is 13.7. The number of carbonyl (C=O) groups excluding carboxylic acids is 1. The highest BCUT2D eigenvalue weighted by Crippen LogP contribution is 2.22. The summed E-state index contributed by atoms with van der Waals surface area (Å²) in [5.41, 5.74) is 0.384. The number of aromatic nitrogens is 2. The van der Waals surface area contributed by atoms with Gasteiger partial charge in [0.05, 0.1) is 0 Å². The largest absolute Gasteiger partial charge is 0.290 e. The molecule has 0 fully saturated rings. The lowest BCUT2D eigenvalue weighted by Gasteiger charge is -2.07. The first-order valence-electron chi connectivity index (χ1n) is 6.01. The lowest BCUT2D eigenvalue weighted by Crippen LogP contribution is -2.14. The number of halogens is 1. The molecule has 3 rings (SSSR count). The number of carbonyl (C=O) groups is 1. The van der Waals surface area contributed by atoms with Crippen LogP contribution < -0.4 is 5.32 Å². The maximum Gasteiger partial charge on any atom is 0.258 e. The number of fused-ring (bicyclic) bond motifs is 1. The van der Waals surface area contributed by atoms with Gasteiger partial charge in [-0.15, -0.1) is 0 Å². The van der Waals surface area contributed by atoms with Gasteiger partial charge in [-0.05, 0) is 23.6 Å². The molecule has 0 aliphatic carbocycles. The van der Waals surface area contributed by atoms with Crippen molar-refractivity contribution in [3.8, 4) is 0 Å². The number of nitrogens with one attached hydrogen (secondary N) is 1. The number of anilines is 1. The summed E-state index contributed by atoms with van der Waals surface area (Å²) in [5.74, 6) is -0.508. The molecule has 0 radical (unpaired) electrons. The van der Waals surface area contributed by atoms with E-state index in [2.05, 4.69) is 15.3 Å². The van der Waals surface area contributed by atoms with E-state index in [1.165, 1.54) is 24.5 Å². The molecule has 0 saturated carbocycles. The van der Waals surface area contributed by atoms with Gasteiger partial charge in [-0.2, -0.15) is 0 Å². The number of benzene rings is 2. The fraction of sp³-hybridized carbons (Fsp3) is 0. The summed E-state index contributed by atoms with van der Waals surface area (Å²) in [6.45, 7) is 0. The summed E-state index contributed by atoms with van der Waals surface area (Å²) in [4.78, 5) is 20.1. The second kappa shape index (κ2) is 5.05. The first kappa shape index (κ1) is 12.2. The topological polar surface area (TPSA) is 54.9 Å². The van der Waals surface area contributed by atoms with Crippen LogP contribution in [-0.4, -0.2) is 15.9 Å². The maximum absolute atomic E-state index is 13.7. The van der Waals surface area contributed by atoms with Crippen molar-refractivity contribution >= 4 is 22.6 Å². The fourth-order valence-electron chi connectivity index (χ4n) is 1.99. The van der Waals surface area contributed by atoms with Crippen LogP contribution >= 0.6 is 0 Å². The van der Waals surface area contributed by atoms with Gasteiger partial charge in [-0.3, -0.25) is 10.1 Å². The van der Waals surface area contributed by atoms with Gasteiger partial charge in [-0.25, -0.2) is 14.4 Å². The molecule has 1 N–H and O–H groups in total. The summed E-state index contributed by atoms with van der Waals surface area (Å²) in [6.07, 6.45) is 3.07. The number of nitrogens with zero attached hydrogens (tertiary/aromatic N) is 2. The lowest BCUT2D eigenvalue weighted by atomic mass is 10.0. The predicted octanol–water partition coefficient (Wildman–Crippen LogP) is 3.02. The standard InChI is InChI=1S/C15H10FN3O/c16-13-7-6-12(10-4-1-2-5-11(10)13)14(20)19-15-17-8-3-9-18-15/h1-9H,(H,17,18,19,20). The highest BCUT2D eigenvalue weighted by atomic mass is 19.1. The van der Waals surface area contributed by atoms with E-state index in [0.717, 1.165) is 0 Å². The zero-order chi connectivity index (χ0) is 13.9. The van der Waals surface area contributed by atoms with E-state index in [4.69, 9.17) is 0 Å². The minimum atomic E-state index is -0.368.